The Morgan fingerprint density at radius 2 is 1.69 bits per heavy atom. The second-order valence-electron chi connectivity index (χ2n) is 8.38. The van der Waals surface area contributed by atoms with Crippen LogP contribution in [0.4, 0.5) is 5.69 Å². The van der Waals surface area contributed by atoms with Crippen LogP contribution in [0.1, 0.15) is 23.6 Å². The largest absolute Gasteiger partial charge is 0.325 e. The van der Waals surface area contributed by atoms with E-state index in [-0.39, 0.29) is 5.91 Å². The topological polar surface area (TPSA) is 65.8 Å². The molecule has 1 atom stereocenters. The Hall–Kier alpha value is -3.30. The van der Waals surface area contributed by atoms with Gasteiger partial charge in [0.2, 0.25) is 5.91 Å². The van der Waals surface area contributed by atoms with Crippen LogP contribution in [0.2, 0.25) is 10.0 Å². The number of aromatic nitrogens is 1. The molecule has 0 bridgehead atoms. The lowest BCUT2D eigenvalue weighted by atomic mass is 9.99. The van der Waals surface area contributed by atoms with Crippen LogP contribution in [0.3, 0.4) is 0 Å². The molecule has 0 saturated heterocycles. The summed E-state index contributed by atoms with van der Waals surface area (Å²) in [4.78, 5) is 17.8. The van der Waals surface area contributed by atoms with E-state index in [0.717, 1.165) is 27.9 Å². The fourth-order valence-corrected chi connectivity index (χ4v) is 4.95. The molecule has 4 nitrogen and oxygen atoms in total. The smallest absolute Gasteiger partial charge is 0.237 e. The molecule has 7 heteroatoms. The average Bonchev–Trinajstić information content (AvgIpc) is 2.86. The standard InChI is InChI=1S/C29H23Cl2N3OS/c1-17-8-13-22(14-18(17)2)33-28(35)19(3)36-29-25(16-32)24(23-6-4-5-7-26(23)31)15-27(34-29)20-9-11-21(30)12-10-20/h4-15,19H,1-3H3,(H,33,35). The molecule has 180 valence electrons. The van der Waals surface area contributed by atoms with Crippen molar-refractivity contribution in [2.75, 3.05) is 5.32 Å². The first-order valence-corrected chi connectivity index (χ1v) is 12.9. The highest BCUT2D eigenvalue weighted by Crippen LogP contribution is 2.38. The summed E-state index contributed by atoms with van der Waals surface area (Å²) >= 11 is 13.8. The van der Waals surface area contributed by atoms with Crippen molar-refractivity contribution in [3.63, 3.8) is 0 Å². The lowest BCUT2D eigenvalue weighted by molar-refractivity contribution is -0.115. The van der Waals surface area contributed by atoms with Gasteiger partial charge in [-0.2, -0.15) is 5.26 Å². The van der Waals surface area contributed by atoms with E-state index in [2.05, 4.69) is 11.4 Å². The molecule has 0 saturated carbocycles. The van der Waals surface area contributed by atoms with Gasteiger partial charge in [0.1, 0.15) is 11.1 Å². The molecule has 36 heavy (non-hydrogen) atoms. The van der Waals surface area contributed by atoms with Gasteiger partial charge < -0.3 is 5.32 Å². The van der Waals surface area contributed by atoms with Crippen LogP contribution in [0, 0.1) is 25.2 Å². The van der Waals surface area contributed by atoms with Crippen molar-refractivity contribution in [1.82, 2.24) is 4.98 Å². The van der Waals surface area contributed by atoms with Gasteiger partial charge in [-0.1, -0.05) is 71.4 Å². The van der Waals surface area contributed by atoms with Gasteiger partial charge in [0.15, 0.2) is 0 Å². The Labute approximate surface area is 225 Å². The number of amides is 1. The number of hydrogen-bond donors (Lipinski definition) is 1. The molecule has 1 N–H and O–H groups in total. The first-order chi connectivity index (χ1) is 17.3. The molecule has 1 aromatic heterocycles. The Kier molecular flexibility index (Phi) is 8.01. The Bertz CT molecular complexity index is 1480. The second kappa shape index (κ2) is 11.2. The molecule has 1 heterocycles. The summed E-state index contributed by atoms with van der Waals surface area (Å²) in [5.74, 6) is -0.176. The van der Waals surface area contributed by atoms with Gasteiger partial charge in [-0.15, -0.1) is 0 Å². The van der Waals surface area contributed by atoms with Crippen LogP contribution in [-0.4, -0.2) is 16.1 Å². The number of thioether (sulfide) groups is 1. The molecule has 0 radical (unpaired) electrons. The summed E-state index contributed by atoms with van der Waals surface area (Å²) in [7, 11) is 0. The molecule has 0 aliphatic carbocycles. The normalized spacial score (nSPS) is 11.6. The number of nitriles is 1. The van der Waals surface area contributed by atoms with Gasteiger partial charge in [-0.3, -0.25) is 4.79 Å². The second-order valence-corrected chi connectivity index (χ2v) is 10.6. The van der Waals surface area contributed by atoms with Crippen LogP contribution in [0.15, 0.2) is 77.8 Å². The van der Waals surface area contributed by atoms with Gasteiger partial charge in [0, 0.05) is 32.4 Å². The summed E-state index contributed by atoms with van der Waals surface area (Å²) in [6.45, 7) is 5.83. The maximum absolute atomic E-state index is 13.0. The minimum Gasteiger partial charge on any atom is -0.325 e. The molecule has 4 aromatic rings. The number of benzene rings is 3. The summed E-state index contributed by atoms with van der Waals surface area (Å²) in [6, 6.07) is 24.6. The number of anilines is 1. The van der Waals surface area contributed by atoms with Crippen molar-refractivity contribution < 1.29 is 4.79 Å². The quantitative estimate of drug-likeness (QED) is 0.254. The highest BCUT2D eigenvalue weighted by Gasteiger charge is 2.22. The average molecular weight is 532 g/mol. The van der Waals surface area contributed by atoms with Crippen molar-refractivity contribution in [2.45, 2.75) is 31.0 Å². The van der Waals surface area contributed by atoms with Crippen molar-refractivity contribution in [3.05, 3.63) is 99.5 Å². The van der Waals surface area contributed by atoms with Crippen LogP contribution in [-0.2, 0) is 4.79 Å². The third-order valence-corrected chi connectivity index (χ3v) is 7.50. The molecular weight excluding hydrogens is 509 g/mol. The van der Waals surface area contributed by atoms with E-state index in [4.69, 9.17) is 28.2 Å². The zero-order chi connectivity index (χ0) is 25.8. The van der Waals surface area contributed by atoms with Crippen LogP contribution >= 0.6 is 35.0 Å². The number of carbonyl (C=O) groups is 1. The van der Waals surface area contributed by atoms with E-state index in [1.54, 1.807) is 25.1 Å². The summed E-state index contributed by atoms with van der Waals surface area (Å²) in [5, 5.41) is 14.2. The maximum Gasteiger partial charge on any atom is 0.237 e. The maximum atomic E-state index is 13.0. The minimum absolute atomic E-state index is 0.176. The lowest BCUT2D eigenvalue weighted by Crippen LogP contribution is -2.22. The highest BCUT2D eigenvalue weighted by atomic mass is 35.5. The highest BCUT2D eigenvalue weighted by molar-refractivity contribution is 8.00. The fraction of sp³-hybridized carbons (Fsp3) is 0.138. The van der Waals surface area contributed by atoms with Crippen LogP contribution in [0.5, 0.6) is 0 Å². The molecule has 1 unspecified atom stereocenters. The van der Waals surface area contributed by atoms with E-state index in [1.165, 1.54) is 11.8 Å². The van der Waals surface area contributed by atoms with Gasteiger partial charge in [-0.05, 0) is 68.3 Å². The van der Waals surface area contributed by atoms with Crippen LogP contribution < -0.4 is 5.32 Å². The van der Waals surface area contributed by atoms with E-state index in [0.29, 0.717) is 31.9 Å². The zero-order valence-corrected chi connectivity index (χ0v) is 22.3. The molecule has 0 spiro atoms. The SMILES string of the molecule is Cc1ccc(NC(=O)C(C)Sc2nc(-c3ccc(Cl)cc3)cc(-c3ccccc3Cl)c2C#N)cc1C. The fourth-order valence-electron chi connectivity index (χ4n) is 3.66. The number of carbonyl (C=O) groups excluding carboxylic acids is 1. The molecule has 0 fully saturated rings. The third-order valence-electron chi connectivity index (χ3n) is 5.83. The minimum atomic E-state index is -0.509. The van der Waals surface area contributed by atoms with Crippen molar-refractivity contribution >= 4 is 46.6 Å². The molecule has 4 rings (SSSR count). The summed E-state index contributed by atoms with van der Waals surface area (Å²) in [5.41, 5.74) is 6.24. The number of pyridine rings is 1. The monoisotopic (exact) mass is 531 g/mol. The van der Waals surface area contributed by atoms with E-state index in [9.17, 15) is 10.1 Å². The number of halogens is 2. The Morgan fingerprint density at radius 3 is 2.36 bits per heavy atom. The third kappa shape index (κ3) is 5.74. The Morgan fingerprint density at radius 1 is 0.972 bits per heavy atom. The van der Waals surface area contributed by atoms with E-state index >= 15 is 0 Å². The molecule has 0 aliphatic heterocycles. The number of rotatable bonds is 6. The van der Waals surface area contributed by atoms with Gasteiger partial charge in [0.05, 0.1) is 16.5 Å². The first kappa shape index (κ1) is 25.8. The van der Waals surface area contributed by atoms with E-state index < -0.39 is 5.25 Å². The first-order valence-electron chi connectivity index (χ1n) is 11.3. The number of nitrogens with one attached hydrogen (secondary N) is 1. The van der Waals surface area contributed by atoms with Crippen LogP contribution in [0.25, 0.3) is 22.4 Å². The molecular formula is C29H23Cl2N3OS. The van der Waals surface area contributed by atoms with Gasteiger partial charge in [0.25, 0.3) is 0 Å². The number of aryl methyl sites for hydroxylation is 2. The summed E-state index contributed by atoms with van der Waals surface area (Å²) < 4.78 is 0. The Balaban J connectivity index is 1.74. The number of hydrogen-bond acceptors (Lipinski definition) is 4. The summed E-state index contributed by atoms with van der Waals surface area (Å²) in [6.07, 6.45) is 0. The van der Waals surface area contributed by atoms with Crippen molar-refractivity contribution in [2.24, 2.45) is 0 Å². The zero-order valence-electron chi connectivity index (χ0n) is 20.0. The lowest BCUT2D eigenvalue weighted by Gasteiger charge is -2.16. The number of nitrogens with zero attached hydrogens (tertiary/aromatic N) is 2. The molecule has 1 amide bonds. The van der Waals surface area contributed by atoms with Gasteiger partial charge >= 0.3 is 0 Å². The van der Waals surface area contributed by atoms with Gasteiger partial charge in [-0.25, -0.2) is 4.98 Å². The molecule has 0 aliphatic rings. The van der Waals surface area contributed by atoms with Crippen molar-refractivity contribution in [1.29, 1.82) is 5.26 Å². The molecule has 3 aromatic carbocycles. The van der Waals surface area contributed by atoms with E-state index in [1.807, 2.05) is 68.4 Å². The predicted molar refractivity (Wildman–Crippen MR) is 150 cm³/mol. The van der Waals surface area contributed by atoms with Crippen molar-refractivity contribution in [3.8, 4) is 28.5 Å². The predicted octanol–water partition coefficient (Wildman–Crippen LogP) is 8.33.